The molecule has 0 saturated carbocycles. The van der Waals surface area contributed by atoms with E-state index in [0.29, 0.717) is 31.1 Å². The van der Waals surface area contributed by atoms with Gasteiger partial charge in [0.2, 0.25) is 0 Å². The van der Waals surface area contributed by atoms with Gasteiger partial charge in [0.1, 0.15) is 5.25 Å². The van der Waals surface area contributed by atoms with Crippen LogP contribution in [0.1, 0.15) is 5.56 Å². The van der Waals surface area contributed by atoms with E-state index in [2.05, 4.69) is 0 Å². The van der Waals surface area contributed by atoms with Crippen molar-refractivity contribution in [3.63, 3.8) is 0 Å². The Morgan fingerprint density at radius 2 is 2.00 bits per heavy atom. The molecule has 2 N–H and O–H groups in total. The smallest absolute Gasteiger partial charge is 0.186 e. The summed E-state index contributed by atoms with van der Waals surface area (Å²) in [4.78, 5) is 0.411. The monoisotopic (exact) mass is 241 g/mol. The molecular weight excluding hydrogens is 226 g/mol. The second-order valence-corrected chi connectivity index (χ2v) is 6.05. The van der Waals surface area contributed by atoms with E-state index >= 15 is 0 Å². The van der Waals surface area contributed by atoms with Crippen molar-refractivity contribution in [2.45, 2.75) is 16.6 Å². The van der Waals surface area contributed by atoms with Crippen LogP contribution in [0.3, 0.4) is 0 Å². The normalized spacial score (nSPS) is 17.1. The average molecular weight is 241 g/mol. The van der Waals surface area contributed by atoms with Crippen LogP contribution in [0, 0.1) is 0 Å². The van der Waals surface area contributed by atoms with Crippen LogP contribution in [-0.2, 0) is 21.0 Å². The molecule has 1 aromatic carbocycles. The van der Waals surface area contributed by atoms with Crippen molar-refractivity contribution in [2.75, 3.05) is 19.8 Å². The fourth-order valence-corrected chi connectivity index (χ4v) is 3.43. The lowest BCUT2D eigenvalue weighted by molar-refractivity contribution is 0.0416. The molecule has 1 fully saturated rings. The van der Waals surface area contributed by atoms with Crippen molar-refractivity contribution in [1.29, 1.82) is 0 Å². The highest BCUT2D eigenvalue weighted by molar-refractivity contribution is 7.92. The lowest BCUT2D eigenvalue weighted by Crippen LogP contribution is -2.41. The lowest BCUT2D eigenvalue weighted by Gasteiger charge is -2.26. The van der Waals surface area contributed by atoms with Crippen LogP contribution < -0.4 is 5.73 Å². The number of sulfone groups is 1. The van der Waals surface area contributed by atoms with E-state index in [1.165, 1.54) is 0 Å². The zero-order valence-corrected chi connectivity index (χ0v) is 9.74. The second kappa shape index (κ2) is 4.53. The third kappa shape index (κ3) is 1.98. The molecule has 88 valence electrons. The van der Waals surface area contributed by atoms with Crippen molar-refractivity contribution >= 4 is 9.84 Å². The van der Waals surface area contributed by atoms with Crippen LogP contribution in [0.15, 0.2) is 29.2 Å². The van der Waals surface area contributed by atoms with Crippen LogP contribution in [0.25, 0.3) is 0 Å². The molecular formula is C11H15NO3S. The maximum absolute atomic E-state index is 12.2. The summed E-state index contributed by atoms with van der Waals surface area (Å²) < 4.78 is 29.3. The van der Waals surface area contributed by atoms with Gasteiger partial charge < -0.3 is 10.5 Å². The molecule has 5 heteroatoms. The Morgan fingerprint density at radius 1 is 1.31 bits per heavy atom. The summed E-state index contributed by atoms with van der Waals surface area (Å²) in [6, 6.07) is 7.05. The molecule has 1 heterocycles. The van der Waals surface area contributed by atoms with Gasteiger partial charge in [-0.1, -0.05) is 18.2 Å². The minimum atomic E-state index is -3.24. The van der Waals surface area contributed by atoms with Gasteiger partial charge in [0, 0.05) is 0 Å². The van der Waals surface area contributed by atoms with Crippen LogP contribution in [0.5, 0.6) is 0 Å². The summed E-state index contributed by atoms with van der Waals surface area (Å²) in [5.74, 6) is 0. The summed E-state index contributed by atoms with van der Waals surface area (Å²) in [5.41, 5.74) is 6.28. The molecule has 0 unspecified atom stereocenters. The van der Waals surface area contributed by atoms with Crippen LogP contribution in [0.4, 0.5) is 0 Å². The summed E-state index contributed by atoms with van der Waals surface area (Å²) >= 11 is 0. The Bertz CT molecular complexity index is 466. The third-order valence-corrected chi connectivity index (χ3v) is 4.90. The highest BCUT2D eigenvalue weighted by Gasteiger charge is 2.34. The molecule has 0 spiro atoms. The number of ether oxygens (including phenoxy) is 1. The number of hydrogen-bond acceptors (Lipinski definition) is 4. The molecule has 4 nitrogen and oxygen atoms in total. The van der Waals surface area contributed by atoms with Crippen LogP contribution >= 0.6 is 0 Å². The summed E-state index contributed by atoms with van der Waals surface area (Å²) in [6.45, 7) is 1.06. The van der Waals surface area contributed by atoms with Crippen molar-refractivity contribution < 1.29 is 13.2 Å². The van der Waals surface area contributed by atoms with Crippen molar-refractivity contribution in [1.82, 2.24) is 0 Å². The molecule has 1 aromatic rings. The van der Waals surface area contributed by atoms with Gasteiger partial charge in [-0.25, -0.2) is 8.42 Å². The van der Waals surface area contributed by atoms with Crippen molar-refractivity contribution in [3.8, 4) is 0 Å². The first-order valence-electron chi connectivity index (χ1n) is 5.26. The van der Waals surface area contributed by atoms with E-state index in [1.54, 1.807) is 12.1 Å². The van der Waals surface area contributed by atoms with Crippen LogP contribution in [0.2, 0.25) is 0 Å². The molecule has 0 radical (unpaired) electrons. The third-order valence-electron chi connectivity index (χ3n) is 2.74. The largest absolute Gasteiger partial charge is 0.379 e. The predicted molar refractivity (Wildman–Crippen MR) is 61.0 cm³/mol. The zero-order valence-electron chi connectivity index (χ0n) is 8.93. The van der Waals surface area contributed by atoms with E-state index in [1.807, 2.05) is 12.1 Å². The van der Waals surface area contributed by atoms with Gasteiger partial charge in [0.05, 0.1) is 18.1 Å². The molecule has 2 rings (SSSR count). The van der Waals surface area contributed by atoms with Gasteiger partial charge in [-0.15, -0.1) is 0 Å². The standard InChI is InChI=1S/C11H15NO3S/c12-6-5-9-3-1-2-4-11(9)16(13,14)10-7-15-8-10/h1-4,10H,5-8,12H2. The minimum absolute atomic E-state index is 0.305. The van der Waals surface area contributed by atoms with E-state index in [0.717, 1.165) is 5.56 Å². The Kier molecular flexibility index (Phi) is 3.28. The Hall–Kier alpha value is -0.910. The van der Waals surface area contributed by atoms with Gasteiger partial charge in [0.25, 0.3) is 0 Å². The van der Waals surface area contributed by atoms with E-state index in [4.69, 9.17) is 10.5 Å². The van der Waals surface area contributed by atoms with Gasteiger partial charge in [-0.05, 0) is 24.6 Å². The first kappa shape index (κ1) is 11.6. The summed E-state index contributed by atoms with van der Waals surface area (Å²) in [5, 5.41) is -0.383. The predicted octanol–water partition coefficient (Wildman–Crippen LogP) is 0.360. The van der Waals surface area contributed by atoms with Crippen LogP contribution in [-0.4, -0.2) is 33.4 Å². The highest BCUT2D eigenvalue weighted by Crippen LogP contribution is 2.24. The molecule has 0 aromatic heterocycles. The molecule has 0 bridgehead atoms. The van der Waals surface area contributed by atoms with Gasteiger partial charge in [0.15, 0.2) is 9.84 Å². The first-order chi connectivity index (χ1) is 7.66. The number of hydrogen-bond donors (Lipinski definition) is 1. The maximum atomic E-state index is 12.2. The minimum Gasteiger partial charge on any atom is -0.379 e. The Morgan fingerprint density at radius 3 is 2.56 bits per heavy atom. The fraction of sp³-hybridized carbons (Fsp3) is 0.455. The molecule has 1 saturated heterocycles. The lowest BCUT2D eigenvalue weighted by atomic mass is 10.1. The number of nitrogens with two attached hydrogens (primary N) is 1. The molecule has 1 aliphatic heterocycles. The van der Waals surface area contributed by atoms with Gasteiger partial charge >= 0.3 is 0 Å². The average Bonchev–Trinajstić information content (AvgIpc) is 2.15. The van der Waals surface area contributed by atoms with E-state index in [9.17, 15) is 8.42 Å². The topological polar surface area (TPSA) is 69.4 Å². The molecule has 16 heavy (non-hydrogen) atoms. The van der Waals surface area contributed by atoms with E-state index < -0.39 is 9.84 Å². The van der Waals surface area contributed by atoms with Crippen molar-refractivity contribution in [2.24, 2.45) is 5.73 Å². The quantitative estimate of drug-likeness (QED) is 0.826. The fourth-order valence-electron chi connectivity index (χ4n) is 1.72. The Balaban J connectivity index is 2.38. The van der Waals surface area contributed by atoms with E-state index in [-0.39, 0.29) is 5.25 Å². The van der Waals surface area contributed by atoms with Crippen molar-refractivity contribution in [3.05, 3.63) is 29.8 Å². The molecule has 0 aliphatic carbocycles. The number of rotatable bonds is 4. The highest BCUT2D eigenvalue weighted by atomic mass is 32.2. The zero-order chi connectivity index (χ0) is 11.6. The SMILES string of the molecule is NCCc1ccccc1S(=O)(=O)C1COC1. The number of benzene rings is 1. The first-order valence-corrected chi connectivity index (χ1v) is 6.80. The molecule has 0 amide bonds. The van der Waals surface area contributed by atoms with Gasteiger partial charge in [-0.2, -0.15) is 0 Å². The van der Waals surface area contributed by atoms with Gasteiger partial charge in [-0.3, -0.25) is 0 Å². The summed E-state index contributed by atoms with van der Waals surface area (Å²) in [6.07, 6.45) is 0.586. The second-order valence-electron chi connectivity index (χ2n) is 3.85. The molecule has 0 atom stereocenters. The molecule has 1 aliphatic rings. The Labute approximate surface area is 95.3 Å². The summed E-state index contributed by atoms with van der Waals surface area (Å²) in [7, 11) is -3.24. The maximum Gasteiger partial charge on any atom is 0.186 e.